The van der Waals surface area contributed by atoms with Gasteiger partial charge in [-0.2, -0.15) is 0 Å². The van der Waals surface area contributed by atoms with E-state index >= 15 is 0 Å². The number of alkyl halides is 1. The number of rotatable bonds is 1. The Kier molecular flexibility index (Phi) is 3.04. The molecule has 3 heteroatoms. The van der Waals surface area contributed by atoms with Gasteiger partial charge in [0, 0.05) is 17.9 Å². The molecule has 0 saturated carbocycles. The van der Waals surface area contributed by atoms with Gasteiger partial charge >= 0.3 is 0 Å². The second kappa shape index (κ2) is 4.28. The first kappa shape index (κ1) is 9.94. The van der Waals surface area contributed by atoms with Crippen LogP contribution in [-0.2, 0) is 4.74 Å². The summed E-state index contributed by atoms with van der Waals surface area (Å²) < 4.78 is 18.6. The van der Waals surface area contributed by atoms with Crippen molar-refractivity contribution in [3.63, 3.8) is 0 Å². The van der Waals surface area contributed by atoms with Gasteiger partial charge < -0.3 is 4.74 Å². The van der Waals surface area contributed by atoms with Gasteiger partial charge in [0.15, 0.2) is 0 Å². The van der Waals surface area contributed by atoms with Crippen LogP contribution in [0.15, 0.2) is 24.3 Å². The van der Waals surface area contributed by atoms with Crippen molar-refractivity contribution in [2.24, 2.45) is 0 Å². The van der Waals surface area contributed by atoms with Crippen molar-refractivity contribution in [1.29, 1.82) is 0 Å². The third kappa shape index (κ3) is 2.25. The molecular formula is C11H12ClFO. The standard InChI is InChI=1S/C11H12ClFO/c12-9-3-1-8(2-4-9)11-7-10(13)5-6-14-11/h1-4,10-11H,5-7H2/t10-,11+/m0/s1. The summed E-state index contributed by atoms with van der Waals surface area (Å²) in [5.74, 6) is 0. The Labute approximate surface area is 87.8 Å². The molecule has 0 spiro atoms. The van der Waals surface area contributed by atoms with E-state index in [1.54, 1.807) is 0 Å². The molecule has 0 aliphatic carbocycles. The molecule has 1 nitrogen and oxygen atoms in total. The summed E-state index contributed by atoms with van der Waals surface area (Å²) in [5, 5.41) is 0.696. The zero-order valence-corrected chi connectivity index (χ0v) is 8.51. The Balaban J connectivity index is 2.10. The molecule has 0 amide bonds. The van der Waals surface area contributed by atoms with Crippen molar-refractivity contribution in [3.05, 3.63) is 34.9 Å². The third-order valence-corrected chi connectivity index (χ3v) is 2.71. The van der Waals surface area contributed by atoms with E-state index in [9.17, 15) is 4.39 Å². The summed E-state index contributed by atoms with van der Waals surface area (Å²) in [5.41, 5.74) is 1.01. The average molecular weight is 215 g/mol. The summed E-state index contributed by atoms with van der Waals surface area (Å²) in [6, 6.07) is 7.40. The third-order valence-electron chi connectivity index (χ3n) is 2.46. The maximum Gasteiger partial charge on any atom is 0.105 e. The van der Waals surface area contributed by atoms with Crippen molar-refractivity contribution in [1.82, 2.24) is 0 Å². The van der Waals surface area contributed by atoms with E-state index in [0.717, 1.165) is 5.56 Å². The number of halogens is 2. The zero-order valence-electron chi connectivity index (χ0n) is 7.75. The van der Waals surface area contributed by atoms with Crippen molar-refractivity contribution < 1.29 is 9.13 Å². The normalized spacial score (nSPS) is 27.6. The van der Waals surface area contributed by atoms with Gasteiger partial charge in [-0.05, 0) is 17.7 Å². The van der Waals surface area contributed by atoms with E-state index in [1.807, 2.05) is 24.3 Å². The highest BCUT2D eigenvalue weighted by molar-refractivity contribution is 6.30. The molecule has 14 heavy (non-hydrogen) atoms. The Hall–Kier alpha value is -0.600. The van der Waals surface area contributed by atoms with E-state index in [0.29, 0.717) is 24.5 Å². The van der Waals surface area contributed by atoms with Crippen molar-refractivity contribution in [3.8, 4) is 0 Å². The monoisotopic (exact) mass is 214 g/mol. The molecule has 0 aromatic heterocycles. The summed E-state index contributed by atoms with van der Waals surface area (Å²) in [6.45, 7) is 0.508. The zero-order chi connectivity index (χ0) is 9.97. The second-order valence-corrected chi connectivity index (χ2v) is 3.97. The van der Waals surface area contributed by atoms with Crippen LogP contribution in [0.25, 0.3) is 0 Å². The molecule has 0 unspecified atom stereocenters. The van der Waals surface area contributed by atoms with Gasteiger partial charge in [-0.15, -0.1) is 0 Å². The molecule has 1 aliphatic rings. The fraction of sp³-hybridized carbons (Fsp3) is 0.455. The number of hydrogen-bond acceptors (Lipinski definition) is 1. The Morgan fingerprint density at radius 1 is 1.29 bits per heavy atom. The molecule has 2 rings (SSSR count). The van der Waals surface area contributed by atoms with E-state index in [2.05, 4.69) is 0 Å². The van der Waals surface area contributed by atoms with Gasteiger partial charge in [-0.25, -0.2) is 4.39 Å². The van der Waals surface area contributed by atoms with Gasteiger partial charge in [0.25, 0.3) is 0 Å². The lowest BCUT2D eigenvalue weighted by atomic mass is 10.0. The van der Waals surface area contributed by atoms with E-state index in [-0.39, 0.29) is 6.10 Å². The SMILES string of the molecule is F[C@H]1CCO[C@@H](c2ccc(Cl)cc2)C1. The van der Waals surface area contributed by atoms with Crippen LogP contribution >= 0.6 is 11.6 Å². The van der Waals surface area contributed by atoms with Crippen molar-refractivity contribution in [2.75, 3.05) is 6.61 Å². The Morgan fingerprint density at radius 3 is 2.64 bits per heavy atom. The summed E-state index contributed by atoms with van der Waals surface area (Å²) in [4.78, 5) is 0. The molecule has 1 saturated heterocycles. The average Bonchev–Trinajstić information content (AvgIpc) is 2.19. The van der Waals surface area contributed by atoms with Gasteiger partial charge in [-0.3, -0.25) is 0 Å². The number of ether oxygens (including phenoxy) is 1. The van der Waals surface area contributed by atoms with Gasteiger partial charge in [0.05, 0.1) is 12.7 Å². The smallest absolute Gasteiger partial charge is 0.105 e. The Morgan fingerprint density at radius 2 is 2.00 bits per heavy atom. The van der Waals surface area contributed by atoms with E-state index in [1.165, 1.54) is 0 Å². The minimum Gasteiger partial charge on any atom is -0.373 e. The predicted molar refractivity (Wildman–Crippen MR) is 54.3 cm³/mol. The van der Waals surface area contributed by atoms with E-state index in [4.69, 9.17) is 16.3 Å². The molecule has 0 radical (unpaired) electrons. The summed E-state index contributed by atoms with van der Waals surface area (Å²) in [7, 11) is 0. The van der Waals surface area contributed by atoms with Crippen LogP contribution in [0.1, 0.15) is 24.5 Å². The van der Waals surface area contributed by atoms with Gasteiger partial charge in [0.1, 0.15) is 6.17 Å². The minimum absolute atomic E-state index is 0.101. The Bertz CT molecular complexity index is 299. The van der Waals surface area contributed by atoms with Gasteiger partial charge in [0.2, 0.25) is 0 Å². The highest BCUT2D eigenvalue weighted by atomic mass is 35.5. The summed E-state index contributed by atoms with van der Waals surface area (Å²) in [6.07, 6.45) is 0.145. The molecule has 1 aromatic carbocycles. The molecule has 0 N–H and O–H groups in total. The lowest BCUT2D eigenvalue weighted by Gasteiger charge is -2.25. The van der Waals surface area contributed by atoms with Crippen molar-refractivity contribution >= 4 is 11.6 Å². The quantitative estimate of drug-likeness (QED) is 0.695. The van der Waals surface area contributed by atoms with Gasteiger partial charge in [-0.1, -0.05) is 23.7 Å². The molecule has 1 aliphatic heterocycles. The molecule has 1 heterocycles. The first-order chi connectivity index (χ1) is 6.75. The summed E-state index contributed by atoms with van der Waals surface area (Å²) >= 11 is 5.76. The molecule has 1 aromatic rings. The maximum atomic E-state index is 13.1. The van der Waals surface area contributed by atoms with Crippen molar-refractivity contribution in [2.45, 2.75) is 25.1 Å². The molecule has 0 bridgehead atoms. The fourth-order valence-electron chi connectivity index (χ4n) is 1.67. The van der Waals surface area contributed by atoms with E-state index < -0.39 is 6.17 Å². The number of hydrogen-bond donors (Lipinski definition) is 0. The number of benzene rings is 1. The topological polar surface area (TPSA) is 9.23 Å². The molecule has 2 atom stereocenters. The van der Waals surface area contributed by atoms with Crippen LogP contribution in [0, 0.1) is 0 Å². The van der Waals surface area contributed by atoms with Crippen LogP contribution < -0.4 is 0 Å². The minimum atomic E-state index is -0.732. The van der Waals surface area contributed by atoms with Crippen LogP contribution in [0.3, 0.4) is 0 Å². The van der Waals surface area contributed by atoms with Crippen LogP contribution in [0.4, 0.5) is 4.39 Å². The van der Waals surface area contributed by atoms with Crippen LogP contribution in [0.5, 0.6) is 0 Å². The second-order valence-electron chi connectivity index (χ2n) is 3.53. The largest absolute Gasteiger partial charge is 0.373 e. The highest BCUT2D eigenvalue weighted by Crippen LogP contribution is 2.30. The van der Waals surface area contributed by atoms with Crippen LogP contribution in [-0.4, -0.2) is 12.8 Å². The fourth-order valence-corrected chi connectivity index (χ4v) is 1.79. The first-order valence-corrected chi connectivity index (χ1v) is 5.14. The predicted octanol–water partition coefficient (Wildman–Crippen LogP) is 3.53. The first-order valence-electron chi connectivity index (χ1n) is 4.77. The maximum absolute atomic E-state index is 13.1. The lowest BCUT2D eigenvalue weighted by molar-refractivity contribution is -0.0193. The molecule has 76 valence electrons. The lowest BCUT2D eigenvalue weighted by Crippen LogP contribution is -2.20. The van der Waals surface area contributed by atoms with Crippen LogP contribution in [0.2, 0.25) is 5.02 Å². The molecular weight excluding hydrogens is 203 g/mol. The highest BCUT2D eigenvalue weighted by Gasteiger charge is 2.23. The molecule has 1 fully saturated rings.